The quantitative estimate of drug-likeness (QED) is 0.799. The summed E-state index contributed by atoms with van der Waals surface area (Å²) in [5.74, 6) is 0. The summed E-state index contributed by atoms with van der Waals surface area (Å²) in [5.41, 5.74) is 3.79. The van der Waals surface area contributed by atoms with Crippen LogP contribution >= 0.6 is 11.3 Å². The lowest BCUT2D eigenvalue weighted by atomic mass is 10.0. The van der Waals surface area contributed by atoms with Crippen molar-refractivity contribution >= 4 is 22.2 Å². The maximum atomic E-state index is 10.5. The number of rotatable bonds is 3. The Labute approximate surface area is 122 Å². The van der Waals surface area contributed by atoms with Crippen molar-refractivity contribution in [3.8, 4) is 0 Å². The Kier molecular flexibility index (Phi) is 3.51. The van der Waals surface area contributed by atoms with Crippen molar-refractivity contribution in [2.24, 2.45) is 0 Å². The van der Waals surface area contributed by atoms with Crippen molar-refractivity contribution in [3.63, 3.8) is 0 Å². The van der Waals surface area contributed by atoms with Crippen molar-refractivity contribution in [2.45, 2.75) is 26.4 Å². The first-order valence-corrected chi connectivity index (χ1v) is 7.47. The Bertz CT molecular complexity index is 751. The van der Waals surface area contributed by atoms with Crippen LogP contribution in [0.15, 0.2) is 35.7 Å². The first kappa shape index (κ1) is 13.2. The van der Waals surface area contributed by atoms with Gasteiger partial charge < -0.3 is 5.11 Å². The van der Waals surface area contributed by atoms with Crippen LogP contribution in [0.3, 0.4) is 0 Å². The van der Waals surface area contributed by atoms with E-state index in [0.717, 1.165) is 32.9 Å². The minimum absolute atomic E-state index is 0.548. The SMILES string of the molecule is Cc1csc(CC(O)c2cc(C)nc3ccccc23)n1. The Balaban J connectivity index is 2.00. The van der Waals surface area contributed by atoms with Crippen LogP contribution in [0.25, 0.3) is 10.9 Å². The molecule has 0 aliphatic heterocycles. The van der Waals surface area contributed by atoms with E-state index < -0.39 is 6.10 Å². The first-order chi connectivity index (χ1) is 9.63. The van der Waals surface area contributed by atoms with Crippen molar-refractivity contribution in [2.75, 3.05) is 0 Å². The van der Waals surface area contributed by atoms with Crippen LogP contribution in [0.1, 0.15) is 28.1 Å². The molecule has 1 atom stereocenters. The molecule has 2 aromatic heterocycles. The number of aliphatic hydroxyl groups is 1. The molecule has 0 spiro atoms. The van der Waals surface area contributed by atoms with E-state index in [1.165, 1.54) is 0 Å². The standard InChI is InChI=1S/C16H16N2OS/c1-10-7-13(12-5-3-4-6-14(12)17-10)15(19)8-16-18-11(2)9-20-16/h3-7,9,15,19H,8H2,1-2H3. The lowest BCUT2D eigenvalue weighted by molar-refractivity contribution is 0.179. The topological polar surface area (TPSA) is 46.0 Å². The molecule has 20 heavy (non-hydrogen) atoms. The molecular weight excluding hydrogens is 268 g/mol. The third-order valence-corrected chi connectivity index (χ3v) is 4.26. The zero-order chi connectivity index (χ0) is 14.1. The summed E-state index contributed by atoms with van der Waals surface area (Å²) in [6.07, 6.45) is -0.00136. The van der Waals surface area contributed by atoms with Gasteiger partial charge in [0.25, 0.3) is 0 Å². The van der Waals surface area contributed by atoms with Gasteiger partial charge in [0.05, 0.1) is 16.6 Å². The molecule has 1 unspecified atom stereocenters. The molecule has 0 saturated carbocycles. The van der Waals surface area contributed by atoms with Gasteiger partial charge in [-0.25, -0.2) is 4.98 Å². The van der Waals surface area contributed by atoms with E-state index in [2.05, 4.69) is 9.97 Å². The van der Waals surface area contributed by atoms with Gasteiger partial charge in [0.2, 0.25) is 0 Å². The summed E-state index contributed by atoms with van der Waals surface area (Å²) in [6.45, 7) is 3.93. The molecule has 102 valence electrons. The highest BCUT2D eigenvalue weighted by atomic mass is 32.1. The first-order valence-electron chi connectivity index (χ1n) is 6.59. The van der Waals surface area contributed by atoms with Gasteiger partial charge in [-0.05, 0) is 31.5 Å². The zero-order valence-corrected chi connectivity index (χ0v) is 12.3. The number of para-hydroxylation sites is 1. The number of pyridine rings is 1. The molecule has 3 rings (SSSR count). The molecule has 0 radical (unpaired) electrons. The smallest absolute Gasteiger partial charge is 0.0957 e. The fourth-order valence-electron chi connectivity index (χ4n) is 2.39. The summed E-state index contributed by atoms with van der Waals surface area (Å²) in [6, 6.07) is 9.89. The Morgan fingerprint density at radius 1 is 1.15 bits per heavy atom. The number of hydrogen-bond acceptors (Lipinski definition) is 4. The van der Waals surface area contributed by atoms with E-state index in [9.17, 15) is 5.11 Å². The maximum absolute atomic E-state index is 10.5. The number of benzene rings is 1. The van der Waals surface area contributed by atoms with E-state index in [0.29, 0.717) is 6.42 Å². The van der Waals surface area contributed by atoms with E-state index in [-0.39, 0.29) is 0 Å². The number of aliphatic hydroxyl groups excluding tert-OH is 1. The molecule has 0 bridgehead atoms. The molecule has 0 saturated heterocycles. The fraction of sp³-hybridized carbons (Fsp3) is 0.250. The summed E-state index contributed by atoms with van der Waals surface area (Å²) < 4.78 is 0. The van der Waals surface area contributed by atoms with Gasteiger partial charge in [-0.1, -0.05) is 18.2 Å². The molecule has 2 heterocycles. The highest BCUT2D eigenvalue weighted by molar-refractivity contribution is 7.09. The zero-order valence-electron chi connectivity index (χ0n) is 11.5. The minimum Gasteiger partial charge on any atom is -0.388 e. The van der Waals surface area contributed by atoms with E-state index in [1.54, 1.807) is 11.3 Å². The highest BCUT2D eigenvalue weighted by Gasteiger charge is 2.15. The van der Waals surface area contributed by atoms with Crippen molar-refractivity contribution < 1.29 is 5.11 Å². The predicted molar refractivity (Wildman–Crippen MR) is 82.0 cm³/mol. The summed E-state index contributed by atoms with van der Waals surface area (Å²) in [5, 5.41) is 14.5. The van der Waals surface area contributed by atoms with Gasteiger partial charge in [-0.2, -0.15) is 0 Å². The molecule has 1 N–H and O–H groups in total. The second-order valence-electron chi connectivity index (χ2n) is 4.97. The second-order valence-corrected chi connectivity index (χ2v) is 5.92. The van der Waals surface area contributed by atoms with Crippen molar-refractivity contribution in [3.05, 3.63) is 57.7 Å². The summed E-state index contributed by atoms with van der Waals surface area (Å²) in [4.78, 5) is 8.93. The monoisotopic (exact) mass is 284 g/mol. The molecule has 0 aliphatic carbocycles. The molecular formula is C16H16N2OS. The van der Waals surface area contributed by atoms with Gasteiger partial charge in [-0.3, -0.25) is 4.98 Å². The molecule has 3 aromatic rings. The average Bonchev–Trinajstić information content (AvgIpc) is 2.83. The van der Waals surface area contributed by atoms with Crippen LogP contribution < -0.4 is 0 Å². The largest absolute Gasteiger partial charge is 0.388 e. The lowest BCUT2D eigenvalue weighted by Crippen LogP contribution is -2.04. The maximum Gasteiger partial charge on any atom is 0.0957 e. The summed E-state index contributed by atoms with van der Waals surface area (Å²) >= 11 is 1.60. The van der Waals surface area contributed by atoms with E-state index in [1.807, 2.05) is 49.6 Å². The number of fused-ring (bicyclic) bond motifs is 1. The van der Waals surface area contributed by atoms with E-state index in [4.69, 9.17) is 0 Å². The van der Waals surface area contributed by atoms with Crippen LogP contribution in [0.5, 0.6) is 0 Å². The summed E-state index contributed by atoms with van der Waals surface area (Å²) in [7, 11) is 0. The second kappa shape index (κ2) is 5.31. The molecule has 0 aliphatic rings. The van der Waals surface area contributed by atoms with Gasteiger partial charge in [-0.15, -0.1) is 11.3 Å². The van der Waals surface area contributed by atoms with Crippen molar-refractivity contribution in [1.29, 1.82) is 0 Å². The fourth-order valence-corrected chi connectivity index (χ4v) is 3.20. The van der Waals surface area contributed by atoms with Gasteiger partial charge in [0.1, 0.15) is 0 Å². The van der Waals surface area contributed by atoms with Gasteiger partial charge in [0.15, 0.2) is 0 Å². The number of nitrogens with zero attached hydrogens (tertiary/aromatic N) is 2. The molecule has 0 fully saturated rings. The van der Waals surface area contributed by atoms with Crippen LogP contribution in [0, 0.1) is 13.8 Å². The molecule has 1 aromatic carbocycles. The Morgan fingerprint density at radius 2 is 1.95 bits per heavy atom. The molecule has 4 heteroatoms. The number of hydrogen-bond donors (Lipinski definition) is 1. The number of aromatic nitrogens is 2. The molecule has 3 nitrogen and oxygen atoms in total. The van der Waals surface area contributed by atoms with Crippen LogP contribution in [0.4, 0.5) is 0 Å². The van der Waals surface area contributed by atoms with Gasteiger partial charge in [0, 0.05) is 28.6 Å². The highest BCUT2D eigenvalue weighted by Crippen LogP contribution is 2.27. The molecule has 0 amide bonds. The van der Waals surface area contributed by atoms with E-state index >= 15 is 0 Å². The lowest BCUT2D eigenvalue weighted by Gasteiger charge is -2.13. The van der Waals surface area contributed by atoms with Crippen molar-refractivity contribution in [1.82, 2.24) is 9.97 Å². The van der Waals surface area contributed by atoms with Gasteiger partial charge >= 0.3 is 0 Å². The Morgan fingerprint density at radius 3 is 2.70 bits per heavy atom. The minimum atomic E-state index is -0.549. The normalized spacial score (nSPS) is 12.8. The third kappa shape index (κ3) is 2.57. The van der Waals surface area contributed by atoms with Crippen LogP contribution in [-0.4, -0.2) is 15.1 Å². The number of thiazole rings is 1. The third-order valence-electron chi connectivity index (χ3n) is 3.27. The van der Waals surface area contributed by atoms with Crippen LogP contribution in [-0.2, 0) is 6.42 Å². The number of aryl methyl sites for hydroxylation is 2. The Hall–Kier alpha value is -1.78. The average molecular weight is 284 g/mol. The van der Waals surface area contributed by atoms with Crippen LogP contribution in [0.2, 0.25) is 0 Å². The predicted octanol–water partition coefficient (Wildman–Crippen LogP) is 3.58.